The van der Waals surface area contributed by atoms with E-state index in [1.807, 2.05) is 6.92 Å². The summed E-state index contributed by atoms with van der Waals surface area (Å²) >= 11 is 0. The standard InChI is InChI=1S/C15H31N3O2.HI/c1-4-20-14(13-7-5-6-8-13)9-10-17-15(16)18-12(2)11-19-3;/h12-14H,4-11H2,1-3H3,(H3,16,17,18);1H. The smallest absolute Gasteiger partial charge is 0.188 e. The minimum absolute atomic E-state index is 0. The van der Waals surface area contributed by atoms with Gasteiger partial charge in [0.15, 0.2) is 5.96 Å². The van der Waals surface area contributed by atoms with E-state index in [2.05, 4.69) is 17.2 Å². The van der Waals surface area contributed by atoms with Gasteiger partial charge in [-0.25, -0.2) is 0 Å². The molecule has 1 aliphatic rings. The molecule has 5 nitrogen and oxygen atoms in total. The van der Waals surface area contributed by atoms with E-state index in [9.17, 15) is 0 Å². The van der Waals surface area contributed by atoms with Gasteiger partial charge in [-0.2, -0.15) is 0 Å². The third kappa shape index (κ3) is 8.83. The lowest BCUT2D eigenvalue weighted by Gasteiger charge is -2.22. The molecule has 1 rings (SSSR count). The highest BCUT2D eigenvalue weighted by Gasteiger charge is 2.24. The minimum atomic E-state index is 0. The zero-order chi connectivity index (χ0) is 14.8. The Morgan fingerprint density at radius 3 is 2.62 bits per heavy atom. The maximum absolute atomic E-state index is 5.88. The number of aliphatic imine (C=N–C) groups is 1. The predicted octanol–water partition coefficient (Wildman–Crippen LogP) is 2.53. The molecular weight excluding hydrogens is 381 g/mol. The van der Waals surface area contributed by atoms with Gasteiger partial charge in [0.05, 0.1) is 12.7 Å². The summed E-state index contributed by atoms with van der Waals surface area (Å²) in [4.78, 5) is 4.39. The Labute approximate surface area is 146 Å². The number of methoxy groups -OCH3 is 1. The molecular formula is C15H32IN3O2. The van der Waals surface area contributed by atoms with Crippen LogP contribution in [0.4, 0.5) is 0 Å². The summed E-state index contributed by atoms with van der Waals surface area (Å²) in [6.45, 7) is 6.21. The molecule has 0 aromatic rings. The first kappa shape index (κ1) is 20.9. The number of guanidine groups is 1. The quantitative estimate of drug-likeness (QED) is 0.346. The van der Waals surface area contributed by atoms with Crippen LogP contribution in [0.3, 0.4) is 0 Å². The molecule has 0 bridgehead atoms. The van der Waals surface area contributed by atoms with E-state index in [1.54, 1.807) is 7.11 Å². The Morgan fingerprint density at radius 1 is 1.38 bits per heavy atom. The molecule has 126 valence electrons. The molecule has 21 heavy (non-hydrogen) atoms. The fourth-order valence-corrected chi connectivity index (χ4v) is 2.90. The Kier molecular flexibility index (Phi) is 12.4. The van der Waals surface area contributed by atoms with Gasteiger partial charge < -0.3 is 20.5 Å². The molecule has 0 spiro atoms. The van der Waals surface area contributed by atoms with Crippen LogP contribution >= 0.6 is 24.0 Å². The number of nitrogens with two attached hydrogens (primary N) is 1. The van der Waals surface area contributed by atoms with Crippen molar-refractivity contribution in [2.75, 3.05) is 26.9 Å². The number of halogens is 1. The van der Waals surface area contributed by atoms with Crippen LogP contribution in [0.2, 0.25) is 0 Å². The highest BCUT2D eigenvalue weighted by atomic mass is 127. The Morgan fingerprint density at radius 2 is 2.05 bits per heavy atom. The molecule has 2 unspecified atom stereocenters. The van der Waals surface area contributed by atoms with Crippen molar-refractivity contribution in [3.63, 3.8) is 0 Å². The molecule has 0 heterocycles. The normalized spacial score (nSPS) is 19.1. The Bertz CT molecular complexity index is 284. The topological polar surface area (TPSA) is 68.9 Å². The molecule has 2 atom stereocenters. The Hall–Kier alpha value is -0.0800. The molecule has 0 aromatic heterocycles. The van der Waals surface area contributed by atoms with E-state index in [0.717, 1.165) is 19.6 Å². The molecule has 0 aromatic carbocycles. The van der Waals surface area contributed by atoms with Crippen molar-refractivity contribution in [1.82, 2.24) is 5.32 Å². The highest BCUT2D eigenvalue weighted by molar-refractivity contribution is 14.0. The van der Waals surface area contributed by atoms with Crippen LogP contribution in [0.5, 0.6) is 0 Å². The second-order valence-corrected chi connectivity index (χ2v) is 5.59. The third-order valence-electron chi connectivity index (χ3n) is 3.81. The summed E-state index contributed by atoms with van der Waals surface area (Å²) in [5, 5.41) is 3.12. The van der Waals surface area contributed by atoms with Crippen LogP contribution in [-0.2, 0) is 9.47 Å². The average molecular weight is 413 g/mol. The average Bonchev–Trinajstić information content (AvgIpc) is 2.91. The molecule has 1 fully saturated rings. The summed E-state index contributed by atoms with van der Waals surface area (Å²) in [5.41, 5.74) is 5.86. The van der Waals surface area contributed by atoms with Crippen molar-refractivity contribution in [1.29, 1.82) is 0 Å². The van der Waals surface area contributed by atoms with Crippen molar-refractivity contribution < 1.29 is 9.47 Å². The van der Waals surface area contributed by atoms with Gasteiger partial charge >= 0.3 is 0 Å². The van der Waals surface area contributed by atoms with Crippen molar-refractivity contribution in [3.05, 3.63) is 0 Å². The largest absolute Gasteiger partial charge is 0.383 e. The molecule has 0 aliphatic heterocycles. The molecule has 6 heteroatoms. The van der Waals surface area contributed by atoms with Crippen molar-refractivity contribution >= 4 is 29.9 Å². The maximum atomic E-state index is 5.88. The van der Waals surface area contributed by atoms with Crippen LogP contribution in [0, 0.1) is 5.92 Å². The second kappa shape index (κ2) is 12.5. The number of hydrogen-bond donors (Lipinski definition) is 2. The zero-order valence-electron chi connectivity index (χ0n) is 13.6. The number of ether oxygens (including phenoxy) is 2. The van der Waals surface area contributed by atoms with Gasteiger partial charge in [0.2, 0.25) is 0 Å². The van der Waals surface area contributed by atoms with Crippen molar-refractivity contribution in [3.8, 4) is 0 Å². The molecule has 0 radical (unpaired) electrons. The molecule has 3 N–H and O–H groups in total. The number of rotatable bonds is 9. The van der Waals surface area contributed by atoms with E-state index in [0.29, 0.717) is 24.6 Å². The zero-order valence-corrected chi connectivity index (χ0v) is 16.0. The van der Waals surface area contributed by atoms with Crippen molar-refractivity contribution in [2.24, 2.45) is 16.6 Å². The summed E-state index contributed by atoms with van der Waals surface area (Å²) in [6.07, 6.45) is 6.58. The van der Waals surface area contributed by atoms with Crippen molar-refractivity contribution in [2.45, 2.75) is 58.1 Å². The minimum Gasteiger partial charge on any atom is -0.383 e. The lowest BCUT2D eigenvalue weighted by Crippen LogP contribution is -2.40. The first-order valence-corrected chi connectivity index (χ1v) is 7.84. The van der Waals surface area contributed by atoms with E-state index in [-0.39, 0.29) is 30.0 Å². The SMILES string of the molecule is CCOC(CCN=C(N)NC(C)COC)C1CCCC1.I. The number of nitrogens with zero attached hydrogens (tertiary/aromatic N) is 1. The predicted molar refractivity (Wildman–Crippen MR) is 98.4 cm³/mol. The Balaban J connectivity index is 0.00000400. The molecule has 0 saturated heterocycles. The molecule has 0 amide bonds. The first-order valence-electron chi connectivity index (χ1n) is 7.84. The lowest BCUT2D eigenvalue weighted by atomic mass is 9.98. The number of hydrogen-bond acceptors (Lipinski definition) is 3. The van der Waals surface area contributed by atoms with Gasteiger partial charge in [-0.1, -0.05) is 12.8 Å². The van der Waals surface area contributed by atoms with E-state index in [4.69, 9.17) is 15.2 Å². The van der Waals surface area contributed by atoms with Crippen LogP contribution in [0.1, 0.15) is 46.0 Å². The van der Waals surface area contributed by atoms with Crippen LogP contribution < -0.4 is 11.1 Å². The van der Waals surface area contributed by atoms with Gasteiger partial charge in [0.25, 0.3) is 0 Å². The van der Waals surface area contributed by atoms with Gasteiger partial charge in [-0.3, -0.25) is 4.99 Å². The first-order chi connectivity index (χ1) is 9.67. The van der Waals surface area contributed by atoms with Gasteiger partial charge in [-0.15, -0.1) is 24.0 Å². The fourth-order valence-electron chi connectivity index (χ4n) is 2.90. The van der Waals surface area contributed by atoms with Gasteiger partial charge in [0, 0.05) is 26.3 Å². The van der Waals surface area contributed by atoms with E-state index >= 15 is 0 Å². The van der Waals surface area contributed by atoms with Crippen LogP contribution in [-0.4, -0.2) is 45.0 Å². The monoisotopic (exact) mass is 413 g/mol. The summed E-state index contributed by atoms with van der Waals surface area (Å²) < 4.78 is 10.9. The second-order valence-electron chi connectivity index (χ2n) is 5.59. The summed E-state index contributed by atoms with van der Waals surface area (Å²) in [7, 11) is 1.68. The van der Waals surface area contributed by atoms with E-state index < -0.39 is 0 Å². The molecule has 1 saturated carbocycles. The van der Waals surface area contributed by atoms with Crippen LogP contribution in [0.15, 0.2) is 4.99 Å². The fraction of sp³-hybridized carbons (Fsp3) is 0.933. The maximum Gasteiger partial charge on any atom is 0.188 e. The van der Waals surface area contributed by atoms with E-state index in [1.165, 1.54) is 25.7 Å². The molecule has 1 aliphatic carbocycles. The number of nitrogens with one attached hydrogen (secondary N) is 1. The highest BCUT2D eigenvalue weighted by Crippen LogP contribution is 2.30. The third-order valence-corrected chi connectivity index (χ3v) is 3.81. The van der Waals surface area contributed by atoms with Gasteiger partial charge in [-0.05, 0) is 39.0 Å². The lowest BCUT2D eigenvalue weighted by molar-refractivity contribution is 0.0177. The van der Waals surface area contributed by atoms with Gasteiger partial charge in [0.1, 0.15) is 0 Å². The summed E-state index contributed by atoms with van der Waals surface area (Å²) in [5.74, 6) is 1.21. The van der Waals surface area contributed by atoms with Crippen LogP contribution in [0.25, 0.3) is 0 Å². The summed E-state index contributed by atoms with van der Waals surface area (Å²) in [6, 6.07) is 0.182.